The van der Waals surface area contributed by atoms with Gasteiger partial charge in [-0.15, -0.1) is 0 Å². The number of hydrogen-bond acceptors (Lipinski definition) is 4. The van der Waals surface area contributed by atoms with Crippen LogP contribution in [0.2, 0.25) is 0 Å². The molecule has 0 saturated carbocycles. The molecule has 6 N–H and O–H groups in total. The lowest BCUT2D eigenvalue weighted by Crippen LogP contribution is -2.19. The van der Waals surface area contributed by atoms with Crippen LogP contribution in [0.4, 0.5) is 0 Å². The van der Waals surface area contributed by atoms with E-state index in [1.54, 1.807) is 0 Å². The topological polar surface area (TPSA) is 101 Å². The lowest BCUT2D eigenvalue weighted by atomic mass is 10.3. The van der Waals surface area contributed by atoms with Gasteiger partial charge in [-0.2, -0.15) is 0 Å². The van der Waals surface area contributed by atoms with E-state index in [1.165, 1.54) is 6.42 Å². The van der Waals surface area contributed by atoms with Gasteiger partial charge in [0.1, 0.15) is 0 Å². The van der Waals surface area contributed by atoms with Crippen molar-refractivity contribution in [2.45, 2.75) is 19.3 Å². The zero-order chi connectivity index (χ0) is 10.4. The highest BCUT2D eigenvalue weighted by atomic mass is 31.1. The second-order valence-corrected chi connectivity index (χ2v) is 2.63. The predicted octanol–water partition coefficient (Wildman–Crippen LogP) is -0.151. The molecular formula is C7H20N3O2P. The molecule has 0 aliphatic heterocycles. The number of nitrogens with two attached hydrogens (primary N) is 2. The molecule has 80 valence electrons. The third-order valence-corrected chi connectivity index (χ3v) is 1.37. The third-order valence-electron chi connectivity index (χ3n) is 1.37. The quantitative estimate of drug-likeness (QED) is 0.345. The van der Waals surface area contributed by atoms with Crippen molar-refractivity contribution < 1.29 is 9.46 Å². The summed E-state index contributed by atoms with van der Waals surface area (Å²) in [5, 5.41) is 3.29. The average molecular weight is 209 g/mol. The van der Waals surface area contributed by atoms with Gasteiger partial charge in [-0.25, -0.2) is 4.57 Å². The highest BCUT2D eigenvalue weighted by molar-refractivity contribution is 7.16. The van der Waals surface area contributed by atoms with Crippen LogP contribution in [0.3, 0.4) is 0 Å². The van der Waals surface area contributed by atoms with Gasteiger partial charge in [0.15, 0.2) is 0 Å². The molecular weight excluding hydrogens is 189 g/mol. The monoisotopic (exact) mass is 209 g/mol. The maximum absolute atomic E-state index is 8.46. The molecule has 0 radical (unpaired) electrons. The van der Waals surface area contributed by atoms with E-state index in [-0.39, 0.29) is 0 Å². The molecule has 0 atom stereocenters. The summed E-state index contributed by atoms with van der Waals surface area (Å²) in [6.45, 7) is 3.71. The molecule has 0 aromatic carbocycles. The van der Waals surface area contributed by atoms with Crippen LogP contribution >= 0.6 is 8.69 Å². The minimum absolute atomic E-state index is 0.782. The van der Waals surface area contributed by atoms with Crippen molar-refractivity contribution >= 4 is 8.69 Å². The summed E-state index contributed by atoms with van der Waals surface area (Å²) in [6, 6.07) is 0. The first-order chi connectivity index (χ1) is 6.33. The SMILES string of the molecule is NCCCCNCCCN.O=PO. The van der Waals surface area contributed by atoms with E-state index in [0.29, 0.717) is 0 Å². The molecule has 0 unspecified atom stereocenters. The van der Waals surface area contributed by atoms with Crippen molar-refractivity contribution in [2.75, 3.05) is 26.2 Å². The predicted molar refractivity (Wildman–Crippen MR) is 54.7 cm³/mol. The van der Waals surface area contributed by atoms with Crippen molar-refractivity contribution in [3.05, 3.63) is 0 Å². The van der Waals surface area contributed by atoms with E-state index in [9.17, 15) is 0 Å². The van der Waals surface area contributed by atoms with E-state index in [2.05, 4.69) is 5.32 Å². The first kappa shape index (κ1) is 15.4. The van der Waals surface area contributed by atoms with Crippen molar-refractivity contribution in [3.63, 3.8) is 0 Å². The van der Waals surface area contributed by atoms with Gasteiger partial charge in [-0.1, -0.05) is 0 Å². The normalized spacial score (nSPS) is 9.46. The lowest BCUT2D eigenvalue weighted by Gasteiger charge is -2.01. The highest BCUT2D eigenvalue weighted by Crippen LogP contribution is 1.81. The molecule has 5 nitrogen and oxygen atoms in total. The molecule has 0 saturated heterocycles. The first-order valence-electron chi connectivity index (χ1n) is 4.41. The van der Waals surface area contributed by atoms with Gasteiger partial charge >= 0.3 is 8.69 Å². The van der Waals surface area contributed by atoms with Gasteiger partial charge in [0.2, 0.25) is 0 Å². The minimum Gasteiger partial charge on any atom is -0.330 e. The van der Waals surface area contributed by atoms with Crippen LogP contribution in [0.1, 0.15) is 19.3 Å². The highest BCUT2D eigenvalue weighted by Gasteiger charge is 1.85. The fourth-order valence-corrected chi connectivity index (χ4v) is 0.746. The van der Waals surface area contributed by atoms with Crippen LogP contribution in [0.25, 0.3) is 0 Å². The van der Waals surface area contributed by atoms with Crippen LogP contribution in [-0.4, -0.2) is 31.1 Å². The molecule has 0 aliphatic carbocycles. The van der Waals surface area contributed by atoms with Crippen molar-refractivity contribution in [2.24, 2.45) is 11.5 Å². The summed E-state index contributed by atoms with van der Waals surface area (Å²) < 4.78 is 8.46. The summed E-state index contributed by atoms with van der Waals surface area (Å²) in [4.78, 5) is 6.99. The first-order valence-corrected chi connectivity index (χ1v) is 5.17. The fourth-order valence-electron chi connectivity index (χ4n) is 0.746. The Morgan fingerprint density at radius 1 is 1.08 bits per heavy atom. The number of rotatable bonds is 7. The lowest BCUT2D eigenvalue weighted by molar-refractivity contribution is 0.524. The Morgan fingerprint density at radius 3 is 2.00 bits per heavy atom. The molecule has 0 aromatic rings. The van der Waals surface area contributed by atoms with Gasteiger partial charge in [0, 0.05) is 0 Å². The van der Waals surface area contributed by atoms with E-state index in [4.69, 9.17) is 20.9 Å². The summed E-state index contributed by atoms with van der Waals surface area (Å²) >= 11 is 0. The maximum Gasteiger partial charge on any atom is 0.324 e. The standard InChI is InChI=1S/C7H19N3.HO2P/c8-4-1-2-6-10-7-3-5-9;1-3-2/h10H,1-9H2;(H,1,2). The van der Waals surface area contributed by atoms with Crippen LogP contribution < -0.4 is 16.8 Å². The van der Waals surface area contributed by atoms with Gasteiger partial charge in [0.25, 0.3) is 0 Å². The van der Waals surface area contributed by atoms with Crippen molar-refractivity contribution in [3.8, 4) is 0 Å². The van der Waals surface area contributed by atoms with E-state index in [1.807, 2.05) is 0 Å². The second kappa shape index (κ2) is 17.9. The second-order valence-electron chi connectivity index (χ2n) is 2.47. The van der Waals surface area contributed by atoms with Crippen LogP contribution in [0.15, 0.2) is 0 Å². The largest absolute Gasteiger partial charge is 0.330 e. The van der Waals surface area contributed by atoms with Gasteiger partial charge in [-0.3, -0.25) is 0 Å². The molecule has 0 rings (SSSR count). The van der Waals surface area contributed by atoms with Gasteiger partial charge < -0.3 is 21.7 Å². The summed E-state index contributed by atoms with van der Waals surface area (Å²) in [7, 11) is -0.833. The Balaban J connectivity index is 0. The molecule has 0 heterocycles. The Kier molecular flexibility index (Phi) is 21.2. The number of unbranched alkanes of at least 4 members (excludes halogenated alkanes) is 1. The van der Waals surface area contributed by atoms with Crippen LogP contribution in [-0.2, 0) is 4.57 Å². The molecule has 0 spiro atoms. The summed E-state index contributed by atoms with van der Waals surface area (Å²) in [5.41, 5.74) is 10.6. The number of hydrogen-bond donors (Lipinski definition) is 4. The van der Waals surface area contributed by atoms with E-state index < -0.39 is 8.69 Å². The Morgan fingerprint density at radius 2 is 1.54 bits per heavy atom. The number of nitrogens with one attached hydrogen (secondary N) is 1. The molecule has 13 heavy (non-hydrogen) atoms. The molecule has 6 heteroatoms. The Bertz CT molecular complexity index is 87.8. The molecule has 0 aromatic heterocycles. The third kappa shape index (κ3) is 24.5. The minimum atomic E-state index is -0.833. The Hall–Kier alpha value is -0.0600. The van der Waals surface area contributed by atoms with Gasteiger partial charge in [-0.05, 0) is 45.4 Å². The zero-order valence-corrected chi connectivity index (χ0v) is 8.80. The average Bonchev–Trinajstić information content (AvgIpc) is 2.13. The molecule has 0 bridgehead atoms. The van der Waals surface area contributed by atoms with Crippen molar-refractivity contribution in [1.82, 2.24) is 5.32 Å². The van der Waals surface area contributed by atoms with E-state index >= 15 is 0 Å². The molecule has 0 aliphatic rings. The Labute approximate surface area is 81.2 Å². The summed E-state index contributed by atoms with van der Waals surface area (Å²) in [6.07, 6.45) is 3.37. The molecule has 0 amide bonds. The fraction of sp³-hybridized carbons (Fsp3) is 1.00. The summed E-state index contributed by atoms with van der Waals surface area (Å²) in [5.74, 6) is 0. The van der Waals surface area contributed by atoms with Crippen LogP contribution in [0, 0.1) is 0 Å². The van der Waals surface area contributed by atoms with Crippen molar-refractivity contribution in [1.29, 1.82) is 0 Å². The maximum atomic E-state index is 8.46. The smallest absolute Gasteiger partial charge is 0.324 e. The van der Waals surface area contributed by atoms with Crippen LogP contribution in [0.5, 0.6) is 0 Å². The van der Waals surface area contributed by atoms with Gasteiger partial charge in [0.05, 0.1) is 0 Å². The zero-order valence-electron chi connectivity index (χ0n) is 7.91. The van der Waals surface area contributed by atoms with E-state index in [0.717, 1.165) is 39.0 Å². The molecule has 0 fully saturated rings.